The number of fused-ring (bicyclic) bond motifs is 1. The topological polar surface area (TPSA) is 121 Å². The molecule has 5 rings (SSSR count). The molecular formula is C20H21ClN8. The molecule has 1 aliphatic carbocycles. The molecule has 0 amide bonds. The molecule has 8 nitrogen and oxygen atoms in total. The molecule has 1 saturated carbocycles. The van der Waals surface area contributed by atoms with Crippen LogP contribution in [0, 0.1) is 0 Å². The lowest BCUT2D eigenvalue weighted by Crippen LogP contribution is -2.05. The predicted octanol–water partition coefficient (Wildman–Crippen LogP) is 4.30. The summed E-state index contributed by atoms with van der Waals surface area (Å²) in [5, 5.41) is 11.5. The maximum absolute atomic E-state index is 6.57. The highest BCUT2D eigenvalue weighted by molar-refractivity contribution is 6.35. The molecule has 0 saturated heterocycles. The SMILES string of the molecule is Nc1ncc(Cc2ccc3[nH]cnc3c2Cl)c(Nc2cc(C3CCCC3)[nH]n2)n1. The van der Waals surface area contributed by atoms with Crippen LogP contribution in [0.1, 0.15) is 48.4 Å². The Labute approximate surface area is 172 Å². The number of hydrogen-bond donors (Lipinski definition) is 4. The van der Waals surface area contributed by atoms with Crippen molar-refractivity contribution >= 4 is 40.2 Å². The summed E-state index contributed by atoms with van der Waals surface area (Å²) in [6.07, 6.45) is 8.88. The second-order valence-electron chi connectivity index (χ2n) is 7.43. The molecule has 0 aliphatic heterocycles. The Balaban J connectivity index is 1.43. The number of aromatic amines is 2. The zero-order valence-electron chi connectivity index (χ0n) is 15.7. The lowest BCUT2D eigenvalue weighted by Gasteiger charge is -2.11. The van der Waals surface area contributed by atoms with Crippen molar-refractivity contribution in [2.24, 2.45) is 0 Å². The zero-order chi connectivity index (χ0) is 19.8. The number of rotatable bonds is 5. The average molecular weight is 409 g/mol. The van der Waals surface area contributed by atoms with Crippen LogP contribution in [-0.2, 0) is 6.42 Å². The van der Waals surface area contributed by atoms with Crippen LogP contribution in [0.4, 0.5) is 17.6 Å². The van der Waals surface area contributed by atoms with Gasteiger partial charge >= 0.3 is 0 Å². The van der Waals surface area contributed by atoms with Gasteiger partial charge in [0.15, 0.2) is 5.82 Å². The van der Waals surface area contributed by atoms with Gasteiger partial charge in [0.1, 0.15) is 11.3 Å². The first-order valence-electron chi connectivity index (χ1n) is 9.71. The van der Waals surface area contributed by atoms with Gasteiger partial charge in [0.05, 0.1) is 16.9 Å². The number of aromatic nitrogens is 6. The molecule has 0 spiro atoms. The van der Waals surface area contributed by atoms with Gasteiger partial charge in [0, 0.05) is 35.9 Å². The van der Waals surface area contributed by atoms with Gasteiger partial charge in [0.2, 0.25) is 5.95 Å². The smallest absolute Gasteiger partial charge is 0.221 e. The maximum atomic E-state index is 6.57. The molecule has 4 aromatic rings. The summed E-state index contributed by atoms with van der Waals surface area (Å²) in [7, 11) is 0. The summed E-state index contributed by atoms with van der Waals surface area (Å²) in [4.78, 5) is 15.9. The highest BCUT2D eigenvalue weighted by Gasteiger charge is 2.20. The number of benzene rings is 1. The molecule has 3 aromatic heterocycles. The quantitative estimate of drug-likeness (QED) is 0.390. The van der Waals surface area contributed by atoms with Crippen LogP contribution in [0.5, 0.6) is 0 Å². The minimum Gasteiger partial charge on any atom is -0.368 e. The van der Waals surface area contributed by atoms with E-state index in [0.717, 1.165) is 28.0 Å². The van der Waals surface area contributed by atoms with Crippen molar-refractivity contribution in [3.05, 3.63) is 52.6 Å². The van der Waals surface area contributed by atoms with E-state index in [-0.39, 0.29) is 5.95 Å². The van der Waals surface area contributed by atoms with Crippen LogP contribution in [0.2, 0.25) is 5.02 Å². The molecule has 0 unspecified atom stereocenters. The molecule has 1 fully saturated rings. The first-order valence-corrected chi connectivity index (χ1v) is 10.1. The summed E-state index contributed by atoms with van der Waals surface area (Å²) in [5.74, 6) is 2.12. The third kappa shape index (κ3) is 3.51. The first kappa shape index (κ1) is 17.9. The van der Waals surface area contributed by atoms with Gasteiger partial charge < -0.3 is 16.0 Å². The summed E-state index contributed by atoms with van der Waals surface area (Å²) < 4.78 is 0. The van der Waals surface area contributed by atoms with E-state index in [4.69, 9.17) is 17.3 Å². The normalized spacial score (nSPS) is 14.7. The zero-order valence-corrected chi connectivity index (χ0v) is 16.5. The lowest BCUT2D eigenvalue weighted by atomic mass is 10.0. The molecule has 148 valence electrons. The molecule has 3 heterocycles. The predicted molar refractivity (Wildman–Crippen MR) is 113 cm³/mol. The molecule has 9 heteroatoms. The van der Waals surface area contributed by atoms with E-state index in [9.17, 15) is 0 Å². The van der Waals surface area contributed by atoms with E-state index >= 15 is 0 Å². The molecule has 0 bridgehead atoms. The Morgan fingerprint density at radius 3 is 2.90 bits per heavy atom. The van der Waals surface area contributed by atoms with Crippen molar-refractivity contribution in [1.82, 2.24) is 30.1 Å². The van der Waals surface area contributed by atoms with E-state index in [0.29, 0.717) is 23.2 Å². The van der Waals surface area contributed by atoms with Crippen LogP contribution >= 0.6 is 11.6 Å². The fourth-order valence-electron chi connectivity index (χ4n) is 3.98. The van der Waals surface area contributed by atoms with E-state index in [1.165, 1.54) is 31.4 Å². The van der Waals surface area contributed by atoms with Gasteiger partial charge in [-0.3, -0.25) is 5.10 Å². The Bertz CT molecular complexity index is 1160. The fraction of sp³-hybridized carbons (Fsp3) is 0.300. The highest BCUT2D eigenvalue weighted by Crippen LogP contribution is 2.34. The molecular weight excluding hydrogens is 388 g/mol. The van der Waals surface area contributed by atoms with E-state index in [2.05, 4.69) is 41.5 Å². The number of H-pyrrole nitrogens is 2. The first-order chi connectivity index (χ1) is 14.2. The van der Waals surface area contributed by atoms with E-state index < -0.39 is 0 Å². The van der Waals surface area contributed by atoms with Gasteiger partial charge in [0.25, 0.3) is 0 Å². The Kier molecular flexibility index (Phi) is 4.55. The third-order valence-corrected chi connectivity index (χ3v) is 5.93. The van der Waals surface area contributed by atoms with Gasteiger partial charge in [-0.05, 0) is 24.5 Å². The number of nitrogens with zero attached hydrogens (tertiary/aromatic N) is 4. The monoisotopic (exact) mass is 408 g/mol. The molecule has 29 heavy (non-hydrogen) atoms. The number of anilines is 3. The average Bonchev–Trinajstić information content (AvgIpc) is 3.46. The Morgan fingerprint density at radius 2 is 2.03 bits per heavy atom. The van der Waals surface area contributed by atoms with Crippen LogP contribution in [0.25, 0.3) is 11.0 Å². The molecule has 1 aromatic carbocycles. The van der Waals surface area contributed by atoms with Crippen LogP contribution in [-0.4, -0.2) is 30.1 Å². The van der Waals surface area contributed by atoms with Gasteiger partial charge in [-0.1, -0.05) is 30.5 Å². The van der Waals surface area contributed by atoms with Gasteiger partial charge in [-0.25, -0.2) is 9.97 Å². The van der Waals surface area contributed by atoms with Crippen molar-refractivity contribution in [1.29, 1.82) is 0 Å². The molecule has 0 atom stereocenters. The molecule has 0 radical (unpaired) electrons. The highest BCUT2D eigenvalue weighted by atomic mass is 35.5. The van der Waals surface area contributed by atoms with Crippen molar-refractivity contribution in [2.45, 2.75) is 38.0 Å². The summed E-state index contributed by atoms with van der Waals surface area (Å²) >= 11 is 6.57. The van der Waals surface area contributed by atoms with E-state index in [1.807, 2.05) is 12.1 Å². The minimum absolute atomic E-state index is 0.205. The number of nitrogens with one attached hydrogen (secondary N) is 3. The Hall–Kier alpha value is -3.13. The Morgan fingerprint density at radius 1 is 1.17 bits per heavy atom. The van der Waals surface area contributed by atoms with Crippen molar-refractivity contribution in [2.75, 3.05) is 11.1 Å². The minimum atomic E-state index is 0.205. The van der Waals surface area contributed by atoms with Crippen molar-refractivity contribution < 1.29 is 0 Å². The van der Waals surface area contributed by atoms with Crippen molar-refractivity contribution in [3.8, 4) is 0 Å². The number of nitrogens with two attached hydrogens (primary N) is 1. The van der Waals surface area contributed by atoms with Crippen molar-refractivity contribution in [3.63, 3.8) is 0 Å². The van der Waals surface area contributed by atoms with Crippen LogP contribution < -0.4 is 11.1 Å². The second-order valence-corrected chi connectivity index (χ2v) is 7.81. The maximum Gasteiger partial charge on any atom is 0.221 e. The lowest BCUT2D eigenvalue weighted by molar-refractivity contribution is 0.693. The number of nitrogen functional groups attached to an aromatic ring is 1. The standard InChI is InChI=1S/C20H21ClN8/c21-17-12(5-6-14-18(17)25-10-24-14)7-13-9-23-20(22)27-19(13)26-16-8-15(28-29-16)11-3-1-2-4-11/h5-6,8-11H,1-4,7H2,(H,24,25)(H4,22,23,26,27,28,29). The largest absolute Gasteiger partial charge is 0.368 e. The summed E-state index contributed by atoms with van der Waals surface area (Å²) in [5.41, 5.74) is 10.5. The van der Waals surface area contributed by atoms with E-state index in [1.54, 1.807) is 12.5 Å². The fourth-order valence-corrected chi connectivity index (χ4v) is 4.26. The third-order valence-electron chi connectivity index (χ3n) is 5.51. The van der Waals surface area contributed by atoms with Gasteiger partial charge in [-0.2, -0.15) is 10.1 Å². The number of imidazole rings is 1. The summed E-state index contributed by atoms with van der Waals surface area (Å²) in [6, 6.07) is 6.01. The number of hydrogen-bond acceptors (Lipinski definition) is 6. The van der Waals surface area contributed by atoms with Crippen LogP contribution in [0.3, 0.4) is 0 Å². The molecule has 1 aliphatic rings. The van der Waals surface area contributed by atoms with Crippen LogP contribution in [0.15, 0.2) is 30.7 Å². The summed E-state index contributed by atoms with van der Waals surface area (Å²) in [6.45, 7) is 0. The number of halogens is 1. The molecule has 5 N–H and O–H groups in total. The van der Waals surface area contributed by atoms with Gasteiger partial charge in [-0.15, -0.1) is 0 Å². The second kappa shape index (κ2) is 7.36.